The minimum Gasteiger partial charge on any atom is -0.320 e. The zero-order chi connectivity index (χ0) is 22.3. The van der Waals surface area contributed by atoms with E-state index in [1.165, 1.54) is 18.2 Å². The smallest absolute Gasteiger partial charge is 0.320 e. The predicted molar refractivity (Wildman–Crippen MR) is 113 cm³/mol. The van der Waals surface area contributed by atoms with Crippen molar-refractivity contribution < 1.29 is 18.0 Å². The lowest BCUT2D eigenvalue weighted by atomic mass is 10.1. The van der Waals surface area contributed by atoms with Gasteiger partial charge in [-0.05, 0) is 36.4 Å². The van der Waals surface area contributed by atoms with Crippen LogP contribution >= 0.6 is 34.8 Å². The van der Waals surface area contributed by atoms with E-state index in [0.717, 1.165) is 12.1 Å². The molecular formula is C20H10Cl3F3N4O. The van der Waals surface area contributed by atoms with Gasteiger partial charge in [-0.3, -0.25) is 4.79 Å². The fourth-order valence-corrected chi connectivity index (χ4v) is 3.53. The highest BCUT2D eigenvalue weighted by molar-refractivity contribution is 6.35. The third-order valence-electron chi connectivity index (χ3n) is 4.21. The fourth-order valence-electron chi connectivity index (χ4n) is 2.88. The molecule has 4 rings (SSSR count). The van der Waals surface area contributed by atoms with Gasteiger partial charge in [0.05, 0.1) is 5.69 Å². The lowest BCUT2D eigenvalue weighted by Gasteiger charge is -2.11. The molecule has 11 heteroatoms. The van der Waals surface area contributed by atoms with Gasteiger partial charge in [0.25, 0.3) is 5.91 Å². The molecular weight excluding hydrogens is 476 g/mol. The van der Waals surface area contributed by atoms with Crippen LogP contribution in [0.3, 0.4) is 0 Å². The summed E-state index contributed by atoms with van der Waals surface area (Å²) in [5, 5.41) is 7.31. The summed E-state index contributed by atoms with van der Waals surface area (Å²) in [7, 11) is 0. The standard InChI is InChI=1S/C20H10Cl3F3N4O/c21-11-3-1-10(2-4-11)15-8-17(20(24,25)26)30-18(28-15)9-16(29-30)19(31)27-14-6-12(22)5-13(23)7-14/h1-9H,(H,27,31). The van der Waals surface area contributed by atoms with Crippen molar-refractivity contribution >= 4 is 52.0 Å². The first kappa shape index (κ1) is 21.4. The van der Waals surface area contributed by atoms with Gasteiger partial charge in [-0.2, -0.15) is 18.3 Å². The maximum atomic E-state index is 13.7. The van der Waals surface area contributed by atoms with Crippen molar-refractivity contribution in [1.82, 2.24) is 14.6 Å². The Kier molecular flexibility index (Phi) is 5.55. The van der Waals surface area contributed by atoms with Crippen LogP contribution in [0.25, 0.3) is 16.9 Å². The molecule has 31 heavy (non-hydrogen) atoms. The first-order valence-corrected chi connectivity index (χ1v) is 9.75. The molecule has 0 aliphatic rings. The number of aromatic nitrogens is 3. The summed E-state index contributed by atoms with van der Waals surface area (Å²) in [5.74, 6) is -0.745. The number of hydrogen-bond acceptors (Lipinski definition) is 3. The number of alkyl halides is 3. The molecule has 2 heterocycles. The second-order valence-corrected chi connectivity index (χ2v) is 7.75. The molecule has 4 aromatic rings. The van der Waals surface area contributed by atoms with Crippen LogP contribution in [0.15, 0.2) is 54.6 Å². The van der Waals surface area contributed by atoms with E-state index in [0.29, 0.717) is 15.1 Å². The SMILES string of the molecule is O=C(Nc1cc(Cl)cc(Cl)c1)c1cc2nc(-c3ccc(Cl)cc3)cc(C(F)(F)F)n2n1. The Morgan fingerprint density at radius 3 is 2.16 bits per heavy atom. The summed E-state index contributed by atoms with van der Waals surface area (Å²) in [6, 6.07) is 12.6. The van der Waals surface area contributed by atoms with E-state index in [-0.39, 0.29) is 32.8 Å². The van der Waals surface area contributed by atoms with Crippen LogP contribution in [-0.4, -0.2) is 20.5 Å². The van der Waals surface area contributed by atoms with E-state index >= 15 is 0 Å². The maximum absolute atomic E-state index is 13.7. The number of benzene rings is 2. The minimum atomic E-state index is -4.73. The fraction of sp³-hybridized carbons (Fsp3) is 0.0500. The quantitative estimate of drug-likeness (QED) is 0.354. The molecule has 0 saturated carbocycles. The Labute approximate surface area is 188 Å². The van der Waals surface area contributed by atoms with Gasteiger partial charge in [0.15, 0.2) is 17.0 Å². The second kappa shape index (κ2) is 8.03. The number of nitrogens with zero attached hydrogens (tertiary/aromatic N) is 3. The van der Waals surface area contributed by atoms with Gasteiger partial charge in [0.1, 0.15) is 0 Å². The number of rotatable bonds is 3. The number of fused-ring (bicyclic) bond motifs is 1. The molecule has 0 aliphatic carbocycles. The highest BCUT2D eigenvalue weighted by atomic mass is 35.5. The highest BCUT2D eigenvalue weighted by Crippen LogP contribution is 2.32. The Hall–Kier alpha value is -2.81. The van der Waals surface area contributed by atoms with Gasteiger partial charge in [-0.1, -0.05) is 46.9 Å². The average molecular weight is 486 g/mol. The van der Waals surface area contributed by atoms with Crippen molar-refractivity contribution in [3.8, 4) is 11.3 Å². The predicted octanol–water partition coefficient (Wildman–Crippen LogP) is 6.63. The zero-order valence-electron chi connectivity index (χ0n) is 15.2. The summed E-state index contributed by atoms with van der Waals surface area (Å²) < 4.78 is 41.6. The molecule has 158 valence electrons. The van der Waals surface area contributed by atoms with Crippen LogP contribution in [0, 0.1) is 0 Å². The molecule has 0 fully saturated rings. The summed E-state index contributed by atoms with van der Waals surface area (Å²) in [5.41, 5.74) is -0.725. The number of carbonyl (C=O) groups is 1. The highest BCUT2D eigenvalue weighted by Gasteiger charge is 2.35. The maximum Gasteiger partial charge on any atom is 0.433 e. The Morgan fingerprint density at radius 1 is 0.903 bits per heavy atom. The summed E-state index contributed by atoms with van der Waals surface area (Å²) in [6.45, 7) is 0. The van der Waals surface area contributed by atoms with Crippen LogP contribution in [0.5, 0.6) is 0 Å². The first-order valence-electron chi connectivity index (χ1n) is 8.61. The molecule has 1 N–H and O–H groups in total. The molecule has 2 aromatic carbocycles. The third kappa shape index (κ3) is 4.61. The number of amides is 1. The van der Waals surface area contributed by atoms with Crippen LogP contribution in [0.2, 0.25) is 15.1 Å². The van der Waals surface area contributed by atoms with E-state index < -0.39 is 17.8 Å². The monoisotopic (exact) mass is 484 g/mol. The van der Waals surface area contributed by atoms with Crippen molar-refractivity contribution in [3.05, 3.63) is 81.1 Å². The zero-order valence-corrected chi connectivity index (χ0v) is 17.5. The number of anilines is 1. The topological polar surface area (TPSA) is 59.3 Å². The number of hydrogen-bond donors (Lipinski definition) is 1. The number of carbonyl (C=O) groups excluding carboxylic acids is 1. The van der Waals surface area contributed by atoms with Crippen LogP contribution in [0.1, 0.15) is 16.2 Å². The largest absolute Gasteiger partial charge is 0.433 e. The lowest BCUT2D eigenvalue weighted by Crippen LogP contribution is -2.15. The van der Waals surface area contributed by atoms with E-state index in [4.69, 9.17) is 34.8 Å². The Balaban J connectivity index is 1.78. The van der Waals surface area contributed by atoms with Gasteiger partial charge in [0, 0.05) is 32.4 Å². The van der Waals surface area contributed by atoms with Crippen molar-refractivity contribution in [2.24, 2.45) is 0 Å². The van der Waals surface area contributed by atoms with E-state index in [1.807, 2.05) is 0 Å². The molecule has 0 aliphatic heterocycles. The van der Waals surface area contributed by atoms with Crippen LogP contribution in [0.4, 0.5) is 18.9 Å². The Morgan fingerprint density at radius 2 is 1.55 bits per heavy atom. The van der Waals surface area contributed by atoms with Crippen molar-refractivity contribution in [1.29, 1.82) is 0 Å². The molecule has 5 nitrogen and oxygen atoms in total. The minimum absolute atomic E-state index is 0.0602. The van der Waals surface area contributed by atoms with Crippen LogP contribution in [-0.2, 0) is 6.18 Å². The molecule has 1 amide bonds. The van der Waals surface area contributed by atoms with Crippen molar-refractivity contribution in [2.45, 2.75) is 6.18 Å². The van der Waals surface area contributed by atoms with Gasteiger partial charge >= 0.3 is 6.18 Å². The van der Waals surface area contributed by atoms with Gasteiger partial charge in [0.2, 0.25) is 0 Å². The average Bonchev–Trinajstić information content (AvgIpc) is 3.10. The van der Waals surface area contributed by atoms with E-state index in [1.54, 1.807) is 24.3 Å². The lowest BCUT2D eigenvalue weighted by molar-refractivity contribution is -0.142. The summed E-state index contributed by atoms with van der Waals surface area (Å²) >= 11 is 17.6. The van der Waals surface area contributed by atoms with E-state index in [9.17, 15) is 18.0 Å². The third-order valence-corrected chi connectivity index (χ3v) is 4.90. The molecule has 2 aromatic heterocycles. The molecule has 0 atom stereocenters. The molecule has 0 saturated heterocycles. The summed E-state index contributed by atoms with van der Waals surface area (Å²) in [6.07, 6.45) is -4.73. The van der Waals surface area contributed by atoms with E-state index in [2.05, 4.69) is 15.4 Å². The molecule has 0 radical (unpaired) electrons. The number of halogens is 6. The van der Waals surface area contributed by atoms with Gasteiger partial charge < -0.3 is 5.32 Å². The number of nitrogens with one attached hydrogen (secondary N) is 1. The van der Waals surface area contributed by atoms with Crippen molar-refractivity contribution in [3.63, 3.8) is 0 Å². The normalized spacial score (nSPS) is 11.7. The molecule has 0 spiro atoms. The first-order chi connectivity index (χ1) is 14.6. The summed E-state index contributed by atoms with van der Waals surface area (Å²) in [4.78, 5) is 16.8. The molecule has 0 bridgehead atoms. The van der Waals surface area contributed by atoms with Gasteiger partial charge in [-0.15, -0.1) is 0 Å². The Bertz CT molecular complexity index is 1280. The van der Waals surface area contributed by atoms with Crippen LogP contribution < -0.4 is 5.32 Å². The second-order valence-electron chi connectivity index (χ2n) is 6.44. The van der Waals surface area contributed by atoms with Crippen molar-refractivity contribution in [2.75, 3.05) is 5.32 Å². The van der Waals surface area contributed by atoms with Gasteiger partial charge in [-0.25, -0.2) is 9.50 Å². The molecule has 0 unspecified atom stereocenters.